The molecule has 124 valence electrons. The maximum Gasteiger partial charge on any atom is 0.193 e. The topological polar surface area (TPSA) is 61.8 Å². The number of hydrogen-bond acceptors (Lipinski definition) is 3. The highest BCUT2D eigenvalue weighted by atomic mass is 32.2. The summed E-state index contributed by atoms with van der Waals surface area (Å²) in [5.41, 5.74) is 0. The van der Waals surface area contributed by atoms with Gasteiger partial charge in [0, 0.05) is 25.9 Å². The predicted octanol–water partition coefficient (Wildman–Crippen LogP) is 1.75. The third-order valence-electron chi connectivity index (χ3n) is 4.30. The van der Waals surface area contributed by atoms with Crippen molar-refractivity contribution < 1.29 is 8.42 Å². The minimum atomic E-state index is -2.94. The van der Waals surface area contributed by atoms with Gasteiger partial charge in [-0.2, -0.15) is 0 Å². The van der Waals surface area contributed by atoms with Crippen LogP contribution in [0.15, 0.2) is 4.99 Å². The third kappa shape index (κ3) is 6.24. The number of nitrogens with zero attached hydrogens (tertiary/aromatic N) is 2. The van der Waals surface area contributed by atoms with Crippen molar-refractivity contribution in [2.75, 3.05) is 38.2 Å². The molecule has 1 N–H and O–H groups in total. The van der Waals surface area contributed by atoms with E-state index >= 15 is 0 Å². The molecular weight excluding hydrogens is 286 g/mol. The molecule has 0 aromatic rings. The second-order valence-electron chi connectivity index (χ2n) is 5.94. The molecule has 0 amide bonds. The Balaban J connectivity index is 2.63. The van der Waals surface area contributed by atoms with Gasteiger partial charge in [-0.1, -0.05) is 26.7 Å². The van der Waals surface area contributed by atoms with Crippen LogP contribution in [0.1, 0.15) is 40.0 Å². The van der Waals surface area contributed by atoms with Crippen molar-refractivity contribution in [2.24, 2.45) is 16.8 Å². The van der Waals surface area contributed by atoms with E-state index in [0.29, 0.717) is 6.54 Å². The number of hydrogen-bond donors (Lipinski definition) is 1. The molecular formula is C15H31N3O2S. The molecule has 1 rings (SSSR count). The second-order valence-corrected chi connectivity index (χ2v) is 8.20. The summed E-state index contributed by atoms with van der Waals surface area (Å²) in [4.78, 5) is 6.77. The van der Waals surface area contributed by atoms with Gasteiger partial charge >= 0.3 is 0 Å². The Hall–Kier alpha value is -0.780. The van der Waals surface area contributed by atoms with E-state index in [2.05, 4.69) is 29.1 Å². The number of sulfone groups is 1. The van der Waals surface area contributed by atoms with Crippen LogP contribution in [0.2, 0.25) is 0 Å². The van der Waals surface area contributed by atoms with Gasteiger partial charge in [0.05, 0.1) is 12.3 Å². The van der Waals surface area contributed by atoms with Crippen LogP contribution in [0.4, 0.5) is 0 Å². The van der Waals surface area contributed by atoms with E-state index in [1.54, 1.807) is 0 Å². The first-order valence-corrected chi connectivity index (χ1v) is 10.2. The summed E-state index contributed by atoms with van der Waals surface area (Å²) in [5.74, 6) is 2.51. The van der Waals surface area contributed by atoms with Gasteiger partial charge in [0.2, 0.25) is 0 Å². The van der Waals surface area contributed by atoms with E-state index < -0.39 is 9.84 Å². The first-order chi connectivity index (χ1) is 9.91. The fraction of sp³-hybridized carbons (Fsp3) is 0.933. The predicted molar refractivity (Wildman–Crippen MR) is 89.4 cm³/mol. The Labute approximate surface area is 130 Å². The van der Waals surface area contributed by atoms with E-state index in [4.69, 9.17) is 0 Å². The summed E-state index contributed by atoms with van der Waals surface area (Å²) < 4.78 is 22.4. The lowest BCUT2D eigenvalue weighted by molar-refractivity contribution is 0.319. The zero-order valence-corrected chi connectivity index (χ0v) is 14.7. The Bertz CT molecular complexity index is 430. The number of likely N-dealkylation sites (tertiary alicyclic amines) is 1. The molecule has 1 fully saturated rings. The van der Waals surface area contributed by atoms with Gasteiger partial charge < -0.3 is 10.2 Å². The Morgan fingerprint density at radius 2 is 2.00 bits per heavy atom. The summed E-state index contributed by atoms with van der Waals surface area (Å²) >= 11 is 0. The van der Waals surface area contributed by atoms with Gasteiger partial charge in [-0.15, -0.1) is 0 Å². The molecule has 0 saturated carbocycles. The molecule has 5 nitrogen and oxygen atoms in total. The summed E-state index contributed by atoms with van der Waals surface area (Å²) in [5, 5.41) is 3.29. The Morgan fingerprint density at radius 1 is 1.33 bits per heavy atom. The number of nitrogens with one attached hydrogen (secondary N) is 1. The normalized spacial score (nSPS) is 20.3. The number of rotatable bonds is 7. The minimum Gasteiger partial charge on any atom is -0.357 e. The first kappa shape index (κ1) is 18.3. The number of guanidine groups is 1. The smallest absolute Gasteiger partial charge is 0.193 e. The van der Waals surface area contributed by atoms with Crippen LogP contribution in [0.5, 0.6) is 0 Å². The van der Waals surface area contributed by atoms with E-state index in [9.17, 15) is 8.42 Å². The Morgan fingerprint density at radius 3 is 2.52 bits per heavy atom. The van der Waals surface area contributed by atoms with Gasteiger partial charge in [0.15, 0.2) is 5.96 Å². The molecule has 0 spiro atoms. The zero-order chi connectivity index (χ0) is 15.9. The highest BCUT2D eigenvalue weighted by molar-refractivity contribution is 7.90. The summed E-state index contributed by atoms with van der Waals surface area (Å²) in [7, 11) is -2.94. The van der Waals surface area contributed by atoms with Crippen LogP contribution >= 0.6 is 0 Å². The van der Waals surface area contributed by atoms with Gasteiger partial charge in [0.1, 0.15) is 9.84 Å². The fourth-order valence-electron chi connectivity index (χ4n) is 3.06. The highest BCUT2D eigenvalue weighted by Crippen LogP contribution is 2.28. The van der Waals surface area contributed by atoms with Crippen LogP contribution in [0, 0.1) is 11.8 Å². The molecule has 1 atom stereocenters. The second kappa shape index (κ2) is 8.61. The lowest BCUT2D eigenvalue weighted by Crippen LogP contribution is -2.40. The lowest BCUT2D eigenvalue weighted by atomic mass is 9.87. The standard InChI is InChI=1S/C15H31N3O2S/c1-5-13(6-2)14-8-10-18(12-14)15(16-7-3)17-9-11-21(4,19)20/h13-14H,5-12H2,1-4H3,(H,16,17). The summed E-state index contributed by atoms with van der Waals surface area (Å²) in [6.45, 7) is 9.78. The molecule has 0 bridgehead atoms. The molecule has 1 aliphatic heterocycles. The number of aliphatic imine (C=N–C) groups is 1. The molecule has 0 aromatic carbocycles. The van der Waals surface area contributed by atoms with Crippen molar-refractivity contribution in [1.29, 1.82) is 0 Å². The SMILES string of the molecule is CCNC(=NCCS(C)(=O)=O)N1CCC(C(CC)CC)C1. The van der Waals surface area contributed by atoms with Crippen LogP contribution in [0.25, 0.3) is 0 Å². The molecule has 6 heteroatoms. The van der Waals surface area contributed by atoms with Gasteiger partial charge in [-0.25, -0.2) is 8.42 Å². The van der Waals surface area contributed by atoms with Gasteiger partial charge in [-0.05, 0) is 25.2 Å². The van der Waals surface area contributed by atoms with Crippen molar-refractivity contribution in [3.8, 4) is 0 Å². The average Bonchev–Trinajstić information content (AvgIpc) is 2.87. The summed E-state index contributed by atoms with van der Waals surface area (Å²) in [6, 6.07) is 0. The Kier molecular flexibility index (Phi) is 7.49. The van der Waals surface area contributed by atoms with E-state index in [1.165, 1.54) is 25.5 Å². The third-order valence-corrected chi connectivity index (χ3v) is 5.22. The zero-order valence-electron chi connectivity index (χ0n) is 13.9. The van der Waals surface area contributed by atoms with Crippen molar-refractivity contribution in [2.45, 2.75) is 40.0 Å². The average molecular weight is 317 g/mol. The largest absolute Gasteiger partial charge is 0.357 e. The molecule has 0 aromatic heterocycles. The highest BCUT2D eigenvalue weighted by Gasteiger charge is 2.29. The van der Waals surface area contributed by atoms with Gasteiger partial charge in [0.25, 0.3) is 0 Å². The molecule has 1 aliphatic rings. The minimum absolute atomic E-state index is 0.117. The fourth-order valence-corrected chi connectivity index (χ4v) is 3.49. The van der Waals surface area contributed by atoms with Gasteiger partial charge in [-0.3, -0.25) is 4.99 Å². The van der Waals surface area contributed by atoms with Crippen LogP contribution < -0.4 is 5.32 Å². The van der Waals surface area contributed by atoms with E-state index in [0.717, 1.165) is 37.4 Å². The summed E-state index contributed by atoms with van der Waals surface area (Å²) in [6.07, 6.45) is 4.94. The quantitative estimate of drug-likeness (QED) is 0.574. The van der Waals surface area contributed by atoms with Crippen molar-refractivity contribution in [3.63, 3.8) is 0 Å². The molecule has 0 radical (unpaired) electrons. The molecule has 21 heavy (non-hydrogen) atoms. The maximum absolute atomic E-state index is 11.2. The molecule has 1 heterocycles. The van der Waals surface area contributed by atoms with Crippen LogP contribution in [0.3, 0.4) is 0 Å². The van der Waals surface area contributed by atoms with Crippen molar-refractivity contribution in [1.82, 2.24) is 10.2 Å². The maximum atomic E-state index is 11.2. The first-order valence-electron chi connectivity index (χ1n) is 8.12. The lowest BCUT2D eigenvalue weighted by Gasteiger charge is -2.24. The van der Waals surface area contributed by atoms with Crippen molar-refractivity contribution in [3.05, 3.63) is 0 Å². The van der Waals surface area contributed by atoms with E-state index in [-0.39, 0.29) is 5.75 Å². The van der Waals surface area contributed by atoms with Crippen molar-refractivity contribution >= 4 is 15.8 Å². The van der Waals surface area contributed by atoms with Crippen LogP contribution in [-0.4, -0.2) is 57.5 Å². The van der Waals surface area contributed by atoms with Crippen LogP contribution in [-0.2, 0) is 9.84 Å². The molecule has 1 saturated heterocycles. The molecule has 1 unspecified atom stereocenters. The monoisotopic (exact) mass is 317 g/mol. The van der Waals surface area contributed by atoms with E-state index in [1.807, 2.05) is 6.92 Å². The molecule has 0 aliphatic carbocycles.